The molecule has 0 bridgehead atoms. The number of carbonyl (C=O) groups excluding carboxylic acids is 1. The molecule has 0 unspecified atom stereocenters. The van der Waals surface area contributed by atoms with E-state index in [4.69, 9.17) is 0 Å². The third kappa shape index (κ3) is 4.10. The van der Waals surface area contributed by atoms with Crippen molar-refractivity contribution in [3.8, 4) is 0 Å². The molecule has 2 N–H and O–H groups in total. The molecule has 120 valence electrons. The number of anilines is 2. The zero-order chi connectivity index (χ0) is 16.8. The van der Waals surface area contributed by atoms with Crippen LogP contribution in [-0.4, -0.2) is 21.1 Å². The minimum Gasteiger partial charge on any atom is -0.363 e. The predicted molar refractivity (Wildman–Crippen MR) is 87.9 cm³/mol. The van der Waals surface area contributed by atoms with Crippen molar-refractivity contribution in [2.45, 2.75) is 6.54 Å². The van der Waals surface area contributed by atoms with Gasteiger partial charge in [-0.3, -0.25) is 9.78 Å². The molecule has 6 nitrogen and oxygen atoms in total. The lowest BCUT2D eigenvalue weighted by Gasteiger charge is -2.06. The Labute approximate surface area is 137 Å². The van der Waals surface area contributed by atoms with Crippen molar-refractivity contribution in [3.05, 3.63) is 78.0 Å². The summed E-state index contributed by atoms with van der Waals surface area (Å²) in [4.78, 5) is 16.2. The summed E-state index contributed by atoms with van der Waals surface area (Å²) in [5.41, 5.74) is 1.37. The van der Waals surface area contributed by atoms with Crippen LogP contribution >= 0.6 is 0 Å². The average molecular weight is 323 g/mol. The van der Waals surface area contributed by atoms with Crippen molar-refractivity contribution in [2.24, 2.45) is 0 Å². The van der Waals surface area contributed by atoms with Gasteiger partial charge in [-0.05, 0) is 42.5 Å². The summed E-state index contributed by atoms with van der Waals surface area (Å²) in [5.74, 6) is -0.347. The molecule has 7 heteroatoms. The number of pyridine rings is 1. The van der Waals surface area contributed by atoms with Gasteiger partial charge >= 0.3 is 0 Å². The number of halogens is 1. The van der Waals surface area contributed by atoms with Crippen molar-refractivity contribution < 1.29 is 9.18 Å². The first-order chi connectivity index (χ1) is 11.7. The van der Waals surface area contributed by atoms with Crippen LogP contribution in [0.1, 0.15) is 16.2 Å². The van der Waals surface area contributed by atoms with Crippen LogP contribution in [0.4, 0.5) is 15.9 Å². The molecule has 0 spiro atoms. The SMILES string of the molecule is O=C(Nc1cccc(F)c1)c1ccc(NCc2ccccn2)nn1. The predicted octanol–water partition coefficient (Wildman–Crippen LogP) is 2.88. The summed E-state index contributed by atoms with van der Waals surface area (Å²) < 4.78 is 13.1. The lowest BCUT2D eigenvalue weighted by Crippen LogP contribution is -2.15. The Morgan fingerprint density at radius 2 is 1.96 bits per heavy atom. The smallest absolute Gasteiger partial charge is 0.276 e. The maximum atomic E-state index is 13.1. The first kappa shape index (κ1) is 15.5. The Morgan fingerprint density at radius 1 is 1.04 bits per heavy atom. The Morgan fingerprint density at radius 3 is 2.67 bits per heavy atom. The van der Waals surface area contributed by atoms with Crippen LogP contribution in [0.25, 0.3) is 0 Å². The molecule has 0 aliphatic heterocycles. The molecule has 0 fully saturated rings. The van der Waals surface area contributed by atoms with Crippen LogP contribution in [0.5, 0.6) is 0 Å². The molecule has 3 rings (SSSR count). The monoisotopic (exact) mass is 323 g/mol. The second-order valence-corrected chi connectivity index (χ2v) is 4.94. The van der Waals surface area contributed by atoms with E-state index in [1.54, 1.807) is 24.4 Å². The van der Waals surface area contributed by atoms with E-state index in [9.17, 15) is 9.18 Å². The molecular formula is C17H14FN5O. The molecule has 0 radical (unpaired) electrons. The van der Waals surface area contributed by atoms with Crippen LogP contribution in [-0.2, 0) is 6.54 Å². The molecule has 0 aliphatic carbocycles. The van der Waals surface area contributed by atoms with Gasteiger partial charge in [-0.15, -0.1) is 10.2 Å². The first-order valence-corrected chi connectivity index (χ1v) is 7.25. The fourth-order valence-corrected chi connectivity index (χ4v) is 1.99. The number of hydrogen-bond acceptors (Lipinski definition) is 5. The van der Waals surface area contributed by atoms with Gasteiger partial charge in [0.1, 0.15) is 11.6 Å². The van der Waals surface area contributed by atoms with Crippen LogP contribution in [0.3, 0.4) is 0 Å². The number of nitrogens with zero attached hydrogens (tertiary/aromatic N) is 3. The summed E-state index contributed by atoms with van der Waals surface area (Å²) in [6.07, 6.45) is 1.71. The van der Waals surface area contributed by atoms with Crippen LogP contribution in [0.15, 0.2) is 60.8 Å². The first-order valence-electron chi connectivity index (χ1n) is 7.25. The number of amides is 1. The lowest BCUT2D eigenvalue weighted by molar-refractivity contribution is 0.102. The van der Waals surface area contributed by atoms with Gasteiger partial charge in [-0.2, -0.15) is 0 Å². The minimum atomic E-state index is -0.454. The van der Waals surface area contributed by atoms with Crippen LogP contribution < -0.4 is 10.6 Å². The second-order valence-electron chi connectivity index (χ2n) is 4.94. The molecule has 3 aromatic rings. The summed E-state index contributed by atoms with van der Waals surface area (Å²) in [7, 11) is 0. The normalized spacial score (nSPS) is 10.2. The van der Waals surface area contributed by atoms with Gasteiger partial charge in [0.2, 0.25) is 0 Å². The van der Waals surface area contributed by atoms with Crippen molar-refractivity contribution in [1.82, 2.24) is 15.2 Å². The molecular weight excluding hydrogens is 309 g/mol. The Hall–Kier alpha value is -3.35. The van der Waals surface area contributed by atoms with Gasteiger partial charge in [-0.25, -0.2) is 4.39 Å². The summed E-state index contributed by atoms with van der Waals surface area (Å²) >= 11 is 0. The van der Waals surface area contributed by atoms with Crippen molar-refractivity contribution in [1.29, 1.82) is 0 Å². The third-order valence-corrected chi connectivity index (χ3v) is 3.16. The number of nitrogens with one attached hydrogen (secondary N) is 2. The van der Waals surface area contributed by atoms with Gasteiger partial charge in [0.05, 0.1) is 12.2 Å². The van der Waals surface area contributed by atoms with E-state index < -0.39 is 11.7 Å². The van der Waals surface area contributed by atoms with Gasteiger partial charge in [-0.1, -0.05) is 12.1 Å². The number of carbonyl (C=O) groups is 1. The molecule has 24 heavy (non-hydrogen) atoms. The van der Waals surface area contributed by atoms with E-state index in [1.807, 2.05) is 18.2 Å². The molecule has 2 aromatic heterocycles. The van der Waals surface area contributed by atoms with Gasteiger partial charge in [0.15, 0.2) is 5.69 Å². The molecule has 0 aliphatic rings. The Bertz CT molecular complexity index is 824. The largest absolute Gasteiger partial charge is 0.363 e. The third-order valence-electron chi connectivity index (χ3n) is 3.16. The van der Waals surface area contributed by atoms with E-state index >= 15 is 0 Å². The Kier molecular flexibility index (Phi) is 4.71. The topological polar surface area (TPSA) is 79.8 Å². The van der Waals surface area contributed by atoms with Crippen LogP contribution in [0.2, 0.25) is 0 Å². The summed E-state index contributed by atoms with van der Waals surface area (Å²) in [6.45, 7) is 0.504. The van der Waals surface area contributed by atoms with Crippen molar-refractivity contribution >= 4 is 17.4 Å². The van der Waals surface area contributed by atoms with Gasteiger partial charge in [0, 0.05) is 11.9 Å². The standard InChI is InChI=1S/C17H14FN5O/c18-12-4-3-6-13(10-12)21-17(24)15-7-8-16(23-22-15)20-11-14-5-1-2-9-19-14/h1-10H,11H2,(H,20,23)(H,21,24). The molecule has 0 saturated carbocycles. The van der Waals surface area contributed by atoms with E-state index in [1.165, 1.54) is 18.2 Å². The molecule has 1 amide bonds. The quantitative estimate of drug-likeness (QED) is 0.755. The van der Waals surface area contributed by atoms with E-state index in [0.717, 1.165) is 5.69 Å². The van der Waals surface area contributed by atoms with Gasteiger partial charge in [0.25, 0.3) is 5.91 Å². The fraction of sp³-hybridized carbons (Fsp3) is 0.0588. The summed E-state index contributed by atoms with van der Waals surface area (Å²) in [5, 5.41) is 13.5. The highest BCUT2D eigenvalue weighted by Gasteiger charge is 2.09. The maximum Gasteiger partial charge on any atom is 0.276 e. The fourth-order valence-electron chi connectivity index (χ4n) is 1.99. The summed E-state index contributed by atoms with van der Waals surface area (Å²) in [6, 6.07) is 14.5. The number of hydrogen-bond donors (Lipinski definition) is 2. The van der Waals surface area contributed by atoms with Crippen molar-refractivity contribution in [3.63, 3.8) is 0 Å². The number of benzene rings is 1. The second kappa shape index (κ2) is 7.28. The molecule has 0 atom stereocenters. The highest BCUT2D eigenvalue weighted by molar-refractivity contribution is 6.02. The molecule has 1 aromatic carbocycles. The maximum absolute atomic E-state index is 13.1. The van der Waals surface area contributed by atoms with Crippen LogP contribution in [0, 0.1) is 5.82 Å². The zero-order valence-electron chi connectivity index (χ0n) is 12.6. The number of rotatable bonds is 5. The number of aromatic nitrogens is 3. The highest BCUT2D eigenvalue weighted by atomic mass is 19.1. The zero-order valence-corrected chi connectivity index (χ0v) is 12.6. The van der Waals surface area contributed by atoms with Gasteiger partial charge < -0.3 is 10.6 Å². The molecule has 2 heterocycles. The minimum absolute atomic E-state index is 0.141. The lowest BCUT2D eigenvalue weighted by atomic mass is 10.3. The van der Waals surface area contributed by atoms with Crippen molar-refractivity contribution in [2.75, 3.05) is 10.6 Å². The van der Waals surface area contributed by atoms with E-state index in [-0.39, 0.29) is 5.69 Å². The Balaban J connectivity index is 1.60. The van der Waals surface area contributed by atoms with E-state index in [0.29, 0.717) is 18.1 Å². The average Bonchev–Trinajstić information content (AvgIpc) is 2.61. The molecule has 0 saturated heterocycles. The highest BCUT2D eigenvalue weighted by Crippen LogP contribution is 2.11. The van der Waals surface area contributed by atoms with E-state index in [2.05, 4.69) is 25.8 Å².